The van der Waals surface area contributed by atoms with Gasteiger partial charge in [0.1, 0.15) is 28.8 Å². The molecule has 0 bridgehead atoms. The van der Waals surface area contributed by atoms with Gasteiger partial charge in [-0.2, -0.15) is 0 Å². The minimum atomic E-state index is -1.83. The van der Waals surface area contributed by atoms with Gasteiger partial charge >= 0.3 is 30.1 Å². The number of benzene rings is 2. The number of likely N-dealkylation sites (tertiary alicyclic amines) is 2. The summed E-state index contributed by atoms with van der Waals surface area (Å²) in [6.45, 7) is 18.0. The second kappa shape index (κ2) is 25.1. The Labute approximate surface area is 399 Å². The molecule has 372 valence electrons. The monoisotopic (exact) mass is 946 g/mol. The smallest absolute Gasteiger partial charge is 0.411 e. The molecule has 0 spiro atoms. The lowest BCUT2D eigenvalue weighted by Gasteiger charge is -2.31. The molecule has 3 aromatic rings. The lowest BCUT2D eigenvalue weighted by Crippen LogP contribution is -2.49. The molecule has 3 atom stereocenters. The number of aromatic nitrogens is 2. The van der Waals surface area contributed by atoms with E-state index in [1.807, 2.05) is 20.8 Å². The zero-order chi connectivity index (χ0) is 49.6. The number of amides is 2. The Morgan fingerprint density at radius 1 is 0.662 bits per heavy atom. The van der Waals surface area contributed by atoms with Crippen molar-refractivity contribution in [3.63, 3.8) is 0 Å². The number of nitrogens with zero attached hydrogens (tertiary/aromatic N) is 3. The van der Waals surface area contributed by atoms with Gasteiger partial charge < -0.3 is 28.7 Å². The molecule has 68 heavy (non-hydrogen) atoms. The van der Waals surface area contributed by atoms with E-state index in [0.29, 0.717) is 72.9 Å². The quantitative estimate of drug-likeness (QED) is 0.0774. The molecule has 3 unspecified atom stereocenters. The summed E-state index contributed by atoms with van der Waals surface area (Å²) in [4.78, 5) is 111. The Balaban J connectivity index is 0.000000355. The van der Waals surface area contributed by atoms with Crippen LogP contribution < -0.4 is 0 Å². The first-order valence-corrected chi connectivity index (χ1v) is 22.9. The molecule has 1 N–H and O–H groups in total. The van der Waals surface area contributed by atoms with Crippen LogP contribution in [0.3, 0.4) is 0 Å². The number of hydrogen-bond acceptors (Lipinski definition) is 14. The fourth-order valence-electron chi connectivity index (χ4n) is 7.46. The van der Waals surface area contributed by atoms with Gasteiger partial charge in [0.05, 0.1) is 30.5 Å². The van der Waals surface area contributed by atoms with Crippen molar-refractivity contribution in [2.75, 3.05) is 26.3 Å². The molecule has 2 amide bonds. The number of hydrogen-bond donors (Lipinski definition) is 1. The van der Waals surface area contributed by atoms with Gasteiger partial charge in [0, 0.05) is 36.7 Å². The molecule has 0 saturated carbocycles. The third-order valence-electron chi connectivity index (χ3n) is 10.6. The maximum absolute atomic E-state index is 13.2. The summed E-state index contributed by atoms with van der Waals surface area (Å²) in [6.07, 6.45) is 3.19. The largest absolute Gasteiger partial charge is 0.463 e. The van der Waals surface area contributed by atoms with E-state index in [4.69, 9.17) is 28.7 Å². The van der Waals surface area contributed by atoms with Crippen molar-refractivity contribution in [3.05, 3.63) is 76.7 Å². The summed E-state index contributed by atoms with van der Waals surface area (Å²) in [5, 5.41) is 0. The zero-order valence-corrected chi connectivity index (χ0v) is 40.5. The topological polar surface area (TPSA) is 218 Å². The van der Waals surface area contributed by atoms with Gasteiger partial charge in [-0.15, -0.1) is 0 Å². The number of nitrogens with one attached hydrogen (secondary N) is 1. The van der Waals surface area contributed by atoms with Crippen molar-refractivity contribution in [1.29, 1.82) is 0 Å². The number of carbonyl (C=O) groups excluding carboxylic acids is 8. The number of ether oxygens (including phenoxy) is 5. The van der Waals surface area contributed by atoms with Crippen LogP contribution in [-0.4, -0.2) is 117 Å². The number of H-pyrrole nitrogens is 1. The minimum Gasteiger partial charge on any atom is -0.463 e. The first kappa shape index (κ1) is 55.9. The van der Waals surface area contributed by atoms with E-state index in [2.05, 4.69) is 4.98 Å². The van der Waals surface area contributed by atoms with E-state index >= 15 is 0 Å². The summed E-state index contributed by atoms with van der Waals surface area (Å²) >= 11 is 0. The highest BCUT2D eigenvalue weighted by Crippen LogP contribution is 2.33. The van der Waals surface area contributed by atoms with Gasteiger partial charge in [0.25, 0.3) is 6.10 Å². The summed E-state index contributed by atoms with van der Waals surface area (Å²) in [6, 6.07) is 11.2. The second-order valence-electron chi connectivity index (χ2n) is 18.3. The molecule has 17 heteroatoms. The summed E-state index contributed by atoms with van der Waals surface area (Å²) < 4.78 is 26.5. The molecule has 0 aliphatic carbocycles. The average Bonchev–Trinajstić information content (AvgIpc) is 3.38. The van der Waals surface area contributed by atoms with Crippen LogP contribution in [-0.2, 0) is 33.3 Å². The van der Waals surface area contributed by atoms with Gasteiger partial charge in [-0.25, -0.2) is 29.0 Å². The number of carbonyl (C=O) groups is 8. The van der Waals surface area contributed by atoms with Crippen LogP contribution in [0.1, 0.15) is 181 Å². The summed E-state index contributed by atoms with van der Waals surface area (Å²) in [5.41, 5.74) is 1.13. The maximum Gasteiger partial charge on any atom is 0.411 e. The van der Waals surface area contributed by atoms with Gasteiger partial charge in [0.15, 0.2) is 11.6 Å². The predicted molar refractivity (Wildman–Crippen MR) is 253 cm³/mol. The predicted octanol–water partition coefficient (Wildman–Crippen LogP) is 9.67. The highest BCUT2D eigenvalue weighted by atomic mass is 16.6. The Kier molecular flexibility index (Phi) is 20.7. The fraction of sp³-hybridized carbons (Fsp3) is 0.549. The molecule has 17 nitrogen and oxygen atoms in total. The van der Waals surface area contributed by atoms with Crippen LogP contribution in [0.25, 0.3) is 11.3 Å². The molecule has 1 aromatic heterocycles. The summed E-state index contributed by atoms with van der Waals surface area (Å²) in [7, 11) is 0. The normalized spacial score (nSPS) is 16.7. The number of Topliss-reactive ketones (excluding diaryl/α,β-unsaturated/α-hetero) is 3. The van der Waals surface area contributed by atoms with Crippen molar-refractivity contribution in [1.82, 2.24) is 19.8 Å². The molecule has 2 saturated heterocycles. The Bertz CT molecular complexity index is 2240. The number of esters is 3. The number of rotatable bonds is 12. The SMILES string of the molecule is C.CCOC(=O)C(OC(=O)C1CCCCCN1C(=O)OC(C)(C)C)C(=O)c1ccc(C(C)=O)cc1.CCOC(=O)c1ccc(-c2nc(C3CCCCCN3C(=O)OC(C)(C)C)[nH]c2C(C)=O)cc1. The molecule has 2 aromatic carbocycles. The van der Waals surface area contributed by atoms with Gasteiger partial charge in [-0.05, 0) is 100 Å². The first-order valence-electron chi connectivity index (χ1n) is 22.9. The Morgan fingerprint density at radius 3 is 1.71 bits per heavy atom. The van der Waals surface area contributed by atoms with Crippen LogP contribution in [0.4, 0.5) is 9.59 Å². The van der Waals surface area contributed by atoms with Crippen LogP contribution in [0.2, 0.25) is 0 Å². The number of ketones is 3. The van der Waals surface area contributed by atoms with Gasteiger partial charge in [0.2, 0.25) is 5.78 Å². The molecule has 5 rings (SSSR count). The minimum absolute atomic E-state index is 0. The third kappa shape index (κ3) is 15.9. The molecule has 0 radical (unpaired) electrons. The van der Waals surface area contributed by atoms with Crippen molar-refractivity contribution in [2.24, 2.45) is 0 Å². The van der Waals surface area contributed by atoms with Crippen LogP contribution in [0, 0.1) is 0 Å². The lowest BCUT2D eigenvalue weighted by atomic mass is 10.0. The van der Waals surface area contributed by atoms with Crippen LogP contribution >= 0.6 is 0 Å². The van der Waals surface area contributed by atoms with Crippen molar-refractivity contribution >= 4 is 47.4 Å². The van der Waals surface area contributed by atoms with Gasteiger partial charge in [-0.1, -0.05) is 69.5 Å². The highest BCUT2D eigenvalue weighted by molar-refractivity contribution is 6.12. The molecular weight excluding hydrogens is 877 g/mol. The van der Waals surface area contributed by atoms with E-state index in [0.717, 1.165) is 32.1 Å². The zero-order valence-electron chi connectivity index (χ0n) is 40.5. The fourth-order valence-corrected chi connectivity index (χ4v) is 7.46. The average molecular weight is 947 g/mol. The van der Waals surface area contributed by atoms with E-state index in [9.17, 15) is 38.4 Å². The maximum atomic E-state index is 13.2. The Hall–Kier alpha value is -6.39. The van der Waals surface area contributed by atoms with Crippen molar-refractivity contribution < 1.29 is 62.0 Å². The van der Waals surface area contributed by atoms with E-state index in [-0.39, 0.29) is 43.3 Å². The molecule has 2 fully saturated rings. The number of aromatic amines is 1. The highest BCUT2D eigenvalue weighted by Gasteiger charge is 2.40. The lowest BCUT2D eigenvalue weighted by molar-refractivity contribution is -0.167. The van der Waals surface area contributed by atoms with Gasteiger partial charge in [-0.3, -0.25) is 24.2 Å². The first-order chi connectivity index (χ1) is 31.5. The van der Waals surface area contributed by atoms with Crippen LogP contribution in [0.15, 0.2) is 48.5 Å². The van der Waals surface area contributed by atoms with Crippen molar-refractivity contribution in [2.45, 2.75) is 157 Å². The molecule has 2 aliphatic heterocycles. The van der Waals surface area contributed by atoms with Crippen LogP contribution in [0.5, 0.6) is 0 Å². The standard InChI is InChI=1S/C25H33N3O5.C25H33NO8.CH4/c1-6-32-23(30)18-13-11-17(12-14-18)21-20(16(2)29)26-22(27-21)19-10-8-7-9-15-28(19)24(31)33-25(3,4)5;1-6-32-23(30)21(20(28)18-13-11-17(12-14-18)16(2)27)33-22(29)19-10-8-7-9-15-26(19)24(31)34-25(3,4)5;/h11-14,19H,6-10,15H2,1-5H3,(H,26,27);11-14,19,21H,6-10,15H2,1-5H3;1H4. The Morgan fingerprint density at radius 2 is 1.18 bits per heavy atom. The van der Waals surface area contributed by atoms with E-state index in [1.165, 1.54) is 43.0 Å². The van der Waals surface area contributed by atoms with E-state index in [1.54, 1.807) is 63.8 Å². The summed E-state index contributed by atoms with van der Waals surface area (Å²) in [5.74, 6) is -2.83. The molecule has 3 heterocycles. The molecular formula is C51H70N4O13. The number of imidazole rings is 1. The van der Waals surface area contributed by atoms with E-state index < -0.39 is 53.1 Å². The van der Waals surface area contributed by atoms with Crippen molar-refractivity contribution in [3.8, 4) is 11.3 Å². The third-order valence-corrected chi connectivity index (χ3v) is 10.6. The molecule has 2 aliphatic rings. The second-order valence-corrected chi connectivity index (χ2v) is 18.3.